The van der Waals surface area contributed by atoms with Crippen LogP contribution >= 0.6 is 0 Å². The van der Waals surface area contributed by atoms with Gasteiger partial charge >= 0.3 is 0 Å². The molecular formula is C12H20O6. The van der Waals surface area contributed by atoms with Crippen LogP contribution in [-0.4, -0.2) is 56.5 Å². The first-order valence-electron chi connectivity index (χ1n) is 6.43. The quantitative estimate of drug-likeness (QED) is 0.411. The molecule has 0 aromatic heterocycles. The summed E-state index contributed by atoms with van der Waals surface area (Å²) in [5.41, 5.74) is 0. The molecule has 3 saturated heterocycles. The largest absolute Gasteiger partial charge is 0.370 e. The molecule has 0 N–H and O–H groups in total. The number of hydrogen-bond acceptors (Lipinski definition) is 6. The third kappa shape index (κ3) is 2.41. The minimum atomic E-state index is -0.627. The molecule has 0 bridgehead atoms. The minimum absolute atomic E-state index is 0.0949. The molecule has 3 aliphatic rings. The second-order valence-corrected chi connectivity index (χ2v) is 5.18. The van der Waals surface area contributed by atoms with Gasteiger partial charge in [0.2, 0.25) is 0 Å². The van der Waals surface area contributed by atoms with Gasteiger partial charge in [-0.3, -0.25) is 0 Å². The average Bonchev–Trinajstić information content (AvgIpc) is 3.02. The van der Waals surface area contributed by atoms with E-state index in [0.29, 0.717) is 13.2 Å². The lowest BCUT2D eigenvalue weighted by molar-refractivity contribution is -0.226. The van der Waals surface area contributed by atoms with Crippen molar-refractivity contribution in [3.63, 3.8) is 0 Å². The Morgan fingerprint density at radius 2 is 2.00 bits per heavy atom. The Kier molecular flexibility index (Phi) is 3.34. The molecule has 6 heteroatoms. The maximum atomic E-state index is 5.84. The van der Waals surface area contributed by atoms with E-state index < -0.39 is 5.79 Å². The van der Waals surface area contributed by atoms with E-state index in [4.69, 9.17) is 28.4 Å². The average molecular weight is 260 g/mol. The predicted octanol–water partition coefficient (Wildman–Crippen LogP) is 0.641. The molecule has 104 valence electrons. The van der Waals surface area contributed by atoms with Crippen LogP contribution in [0.1, 0.15) is 20.8 Å². The topological polar surface area (TPSA) is 58.7 Å². The number of epoxide rings is 1. The summed E-state index contributed by atoms with van der Waals surface area (Å²) in [7, 11) is 0. The molecule has 0 radical (unpaired) electrons. The van der Waals surface area contributed by atoms with Crippen LogP contribution < -0.4 is 0 Å². The normalized spacial score (nSPS) is 45.2. The summed E-state index contributed by atoms with van der Waals surface area (Å²) in [6.07, 6.45) is -0.819. The summed E-state index contributed by atoms with van der Waals surface area (Å²) >= 11 is 0. The van der Waals surface area contributed by atoms with Gasteiger partial charge in [-0.2, -0.15) is 0 Å². The Morgan fingerprint density at radius 3 is 2.67 bits per heavy atom. The van der Waals surface area contributed by atoms with Crippen LogP contribution in [0.4, 0.5) is 0 Å². The van der Waals surface area contributed by atoms with Gasteiger partial charge in [0.25, 0.3) is 0 Å². The van der Waals surface area contributed by atoms with Crippen molar-refractivity contribution in [2.75, 3.05) is 20.0 Å². The lowest BCUT2D eigenvalue weighted by atomic mass is 10.1. The lowest BCUT2D eigenvalue weighted by Gasteiger charge is -2.24. The van der Waals surface area contributed by atoms with Crippen molar-refractivity contribution in [2.45, 2.75) is 57.3 Å². The monoisotopic (exact) mass is 260 g/mol. The van der Waals surface area contributed by atoms with Gasteiger partial charge in [-0.05, 0) is 20.8 Å². The molecule has 0 amide bonds. The predicted molar refractivity (Wildman–Crippen MR) is 59.8 cm³/mol. The van der Waals surface area contributed by atoms with E-state index in [0.717, 1.165) is 0 Å². The second kappa shape index (κ2) is 4.70. The molecule has 0 aliphatic carbocycles. The minimum Gasteiger partial charge on any atom is -0.370 e. The number of fused-ring (bicyclic) bond motifs is 1. The van der Waals surface area contributed by atoms with Crippen LogP contribution in [0.3, 0.4) is 0 Å². The second-order valence-electron chi connectivity index (χ2n) is 5.18. The smallest absolute Gasteiger partial charge is 0.190 e. The zero-order chi connectivity index (χ0) is 12.8. The van der Waals surface area contributed by atoms with Gasteiger partial charge in [-0.25, -0.2) is 0 Å². The standard InChI is InChI=1S/C12H20O6/c1-4-13-6-15-9-8(7-5-14-7)16-11-10(9)17-12(2,3)18-11/h7-11H,4-6H2,1-3H3/t7-,8-,9+,10-,11-/m1/s1. The fraction of sp³-hybridized carbons (Fsp3) is 1.00. The van der Waals surface area contributed by atoms with E-state index in [-0.39, 0.29) is 37.5 Å². The Balaban J connectivity index is 1.65. The summed E-state index contributed by atoms with van der Waals surface area (Å²) in [5, 5.41) is 0. The number of rotatable bonds is 5. The molecule has 0 aromatic carbocycles. The highest BCUT2D eigenvalue weighted by Crippen LogP contribution is 2.41. The van der Waals surface area contributed by atoms with Crippen molar-refractivity contribution >= 4 is 0 Å². The SMILES string of the molecule is CCOCO[C@@H]1[C@H]2OC(C)(C)O[C@H]2O[C@@H]1[C@H]1CO1. The van der Waals surface area contributed by atoms with Crippen LogP contribution in [0.5, 0.6) is 0 Å². The van der Waals surface area contributed by atoms with Gasteiger partial charge in [0.05, 0.1) is 6.61 Å². The van der Waals surface area contributed by atoms with Crippen LogP contribution in [0.15, 0.2) is 0 Å². The summed E-state index contributed by atoms with van der Waals surface area (Å²) < 4.78 is 33.6. The van der Waals surface area contributed by atoms with Gasteiger partial charge in [0.15, 0.2) is 12.1 Å². The van der Waals surface area contributed by atoms with Crippen molar-refractivity contribution in [2.24, 2.45) is 0 Å². The highest BCUT2D eigenvalue weighted by atomic mass is 16.8. The molecule has 3 fully saturated rings. The first kappa shape index (κ1) is 12.8. The Labute approximate surface area is 106 Å². The summed E-state index contributed by atoms with van der Waals surface area (Å²) in [6.45, 7) is 7.24. The fourth-order valence-corrected chi connectivity index (χ4v) is 2.45. The van der Waals surface area contributed by atoms with Gasteiger partial charge in [-0.1, -0.05) is 0 Å². The van der Waals surface area contributed by atoms with E-state index in [1.54, 1.807) is 0 Å². The van der Waals surface area contributed by atoms with Gasteiger partial charge < -0.3 is 28.4 Å². The zero-order valence-corrected chi connectivity index (χ0v) is 11.0. The molecule has 0 saturated carbocycles. The van der Waals surface area contributed by atoms with Crippen molar-refractivity contribution in [3.8, 4) is 0 Å². The highest BCUT2D eigenvalue weighted by Gasteiger charge is 2.59. The summed E-state index contributed by atoms with van der Waals surface area (Å²) in [6, 6.07) is 0. The lowest BCUT2D eigenvalue weighted by Crippen LogP contribution is -2.39. The Hall–Kier alpha value is -0.240. The molecule has 18 heavy (non-hydrogen) atoms. The maximum Gasteiger partial charge on any atom is 0.190 e. The third-order valence-electron chi connectivity index (χ3n) is 3.30. The molecule has 0 unspecified atom stereocenters. The van der Waals surface area contributed by atoms with Crippen LogP contribution in [0, 0.1) is 0 Å². The molecule has 6 nitrogen and oxygen atoms in total. The fourth-order valence-electron chi connectivity index (χ4n) is 2.45. The third-order valence-corrected chi connectivity index (χ3v) is 3.30. The van der Waals surface area contributed by atoms with Crippen molar-refractivity contribution in [3.05, 3.63) is 0 Å². The first-order chi connectivity index (χ1) is 8.61. The van der Waals surface area contributed by atoms with Crippen LogP contribution in [-0.2, 0) is 28.4 Å². The highest BCUT2D eigenvalue weighted by molar-refractivity contribution is 5.00. The van der Waals surface area contributed by atoms with Crippen molar-refractivity contribution < 1.29 is 28.4 Å². The van der Waals surface area contributed by atoms with E-state index in [1.165, 1.54) is 0 Å². The Morgan fingerprint density at radius 1 is 1.22 bits per heavy atom. The molecule has 0 aromatic rings. The van der Waals surface area contributed by atoms with Gasteiger partial charge in [0, 0.05) is 6.61 Å². The summed E-state index contributed by atoms with van der Waals surface area (Å²) in [4.78, 5) is 0. The number of ether oxygens (including phenoxy) is 6. The van der Waals surface area contributed by atoms with E-state index in [1.807, 2.05) is 20.8 Å². The van der Waals surface area contributed by atoms with Gasteiger partial charge in [0.1, 0.15) is 31.2 Å². The van der Waals surface area contributed by atoms with Crippen molar-refractivity contribution in [1.82, 2.24) is 0 Å². The molecule has 3 heterocycles. The Bertz CT molecular complexity index is 303. The van der Waals surface area contributed by atoms with Gasteiger partial charge in [-0.15, -0.1) is 0 Å². The zero-order valence-electron chi connectivity index (χ0n) is 11.0. The van der Waals surface area contributed by atoms with E-state index in [2.05, 4.69) is 0 Å². The number of hydrogen-bond donors (Lipinski definition) is 0. The molecule has 0 spiro atoms. The molecule has 3 aliphatic heterocycles. The molecule has 3 rings (SSSR count). The first-order valence-corrected chi connectivity index (χ1v) is 6.43. The molecular weight excluding hydrogens is 240 g/mol. The van der Waals surface area contributed by atoms with Crippen LogP contribution in [0.25, 0.3) is 0 Å². The molecule has 5 atom stereocenters. The summed E-state index contributed by atoms with van der Waals surface area (Å²) in [5.74, 6) is -0.627. The van der Waals surface area contributed by atoms with Crippen LogP contribution in [0.2, 0.25) is 0 Å². The van der Waals surface area contributed by atoms with E-state index in [9.17, 15) is 0 Å². The van der Waals surface area contributed by atoms with E-state index >= 15 is 0 Å². The van der Waals surface area contributed by atoms with Crippen molar-refractivity contribution in [1.29, 1.82) is 0 Å². The maximum absolute atomic E-state index is 5.84.